The van der Waals surface area contributed by atoms with E-state index in [0.717, 1.165) is 24.3 Å². The lowest BCUT2D eigenvalue weighted by Crippen LogP contribution is -2.48. The van der Waals surface area contributed by atoms with Crippen LogP contribution in [0.1, 0.15) is 19.8 Å². The van der Waals surface area contributed by atoms with Crippen LogP contribution < -0.4 is 5.32 Å². The number of amides is 1. The second-order valence-corrected chi connectivity index (χ2v) is 5.94. The first kappa shape index (κ1) is 12.6. The summed E-state index contributed by atoms with van der Waals surface area (Å²) in [5.41, 5.74) is 0. The molecule has 15 heavy (non-hydrogen) atoms. The molecule has 1 saturated heterocycles. The molecule has 0 aromatic heterocycles. The Labute approximate surface area is 93.9 Å². The molecule has 4 nitrogen and oxygen atoms in total. The lowest BCUT2D eigenvalue weighted by atomic mass is 10.1. The maximum Gasteiger partial charge on any atom is 0.238 e. The van der Waals surface area contributed by atoms with E-state index >= 15 is 0 Å². The fraction of sp³-hybridized carbons (Fsp3) is 0.900. The third-order valence-corrected chi connectivity index (χ3v) is 4.07. The molecule has 1 aliphatic heterocycles. The van der Waals surface area contributed by atoms with E-state index in [-0.39, 0.29) is 11.9 Å². The van der Waals surface area contributed by atoms with Gasteiger partial charge in [0.05, 0.1) is 6.04 Å². The zero-order valence-electron chi connectivity index (χ0n) is 9.66. The van der Waals surface area contributed by atoms with Crippen molar-refractivity contribution in [3.63, 3.8) is 0 Å². The highest BCUT2D eigenvalue weighted by Crippen LogP contribution is 2.10. The van der Waals surface area contributed by atoms with Gasteiger partial charge in [0.15, 0.2) is 0 Å². The minimum absolute atomic E-state index is 0.0988. The molecule has 0 saturated carbocycles. The van der Waals surface area contributed by atoms with E-state index in [1.165, 1.54) is 0 Å². The fourth-order valence-electron chi connectivity index (χ4n) is 1.77. The maximum absolute atomic E-state index is 11.6. The van der Waals surface area contributed by atoms with Crippen molar-refractivity contribution in [1.82, 2.24) is 10.2 Å². The molecule has 1 atom stereocenters. The summed E-state index contributed by atoms with van der Waals surface area (Å²) in [5.74, 6) is 1.63. The summed E-state index contributed by atoms with van der Waals surface area (Å²) < 4.78 is 11.1. The van der Waals surface area contributed by atoms with Crippen LogP contribution in [0.25, 0.3) is 0 Å². The lowest BCUT2D eigenvalue weighted by molar-refractivity contribution is -0.130. The average Bonchev–Trinajstić information content (AvgIpc) is 2.20. The van der Waals surface area contributed by atoms with Crippen LogP contribution >= 0.6 is 0 Å². The fourth-order valence-corrected chi connectivity index (χ4v) is 3.07. The SMILES string of the molecule is CC(NC1CCS(=O)CC1)C(=O)N(C)C. The molecule has 1 amide bonds. The van der Waals surface area contributed by atoms with Gasteiger partial charge in [-0.15, -0.1) is 0 Å². The first-order chi connectivity index (χ1) is 7.00. The van der Waals surface area contributed by atoms with Crippen molar-refractivity contribution in [1.29, 1.82) is 0 Å². The smallest absolute Gasteiger partial charge is 0.238 e. The van der Waals surface area contributed by atoms with Gasteiger partial charge in [0.1, 0.15) is 0 Å². The van der Waals surface area contributed by atoms with Crippen LogP contribution in [0.2, 0.25) is 0 Å². The van der Waals surface area contributed by atoms with Gasteiger partial charge in [-0.25, -0.2) is 0 Å². The number of nitrogens with zero attached hydrogens (tertiary/aromatic N) is 1. The molecule has 88 valence electrons. The van der Waals surface area contributed by atoms with Crippen molar-refractivity contribution in [2.45, 2.75) is 31.8 Å². The van der Waals surface area contributed by atoms with E-state index in [1.54, 1.807) is 19.0 Å². The minimum atomic E-state index is -0.631. The van der Waals surface area contributed by atoms with E-state index in [0.29, 0.717) is 6.04 Å². The van der Waals surface area contributed by atoms with Gasteiger partial charge in [0.25, 0.3) is 0 Å². The van der Waals surface area contributed by atoms with Crippen LogP contribution in [0.4, 0.5) is 0 Å². The highest BCUT2D eigenvalue weighted by Gasteiger charge is 2.22. The molecule has 0 spiro atoms. The predicted molar refractivity (Wildman–Crippen MR) is 62.2 cm³/mol. The Morgan fingerprint density at radius 2 is 1.93 bits per heavy atom. The van der Waals surface area contributed by atoms with E-state index in [1.807, 2.05) is 6.92 Å². The number of carbonyl (C=O) groups excluding carboxylic acids is 1. The zero-order valence-corrected chi connectivity index (χ0v) is 10.5. The van der Waals surface area contributed by atoms with Gasteiger partial charge in [0, 0.05) is 42.4 Å². The van der Waals surface area contributed by atoms with E-state index < -0.39 is 10.8 Å². The van der Waals surface area contributed by atoms with Crippen LogP contribution in [0.15, 0.2) is 0 Å². The molecular formula is C10H20N2O2S. The molecule has 0 radical (unpaired) electrons. The number of hydrogen-bond donors (Lipinski definition) is 1. The molecule has 0 aromatic carbocycles. The summed E-state index contributed by atoms with van der Waals surface area (Å²) in [6, 6.07) is 0.207. The maximum atomic E-state index is 11.6. The summed E-state index contributed by atoms with van der Waals surface area (Å²) >= 11 is 0. The Bertz CT molecular complexity index is 246. The van der Waals surface area contributed by atoms with Crippen molar-refractivity contribution in [2.24, 2.45) is 0 Å². The van der Waals surface area contributed by atoms with Crippen LogP contribution in [0.5, 0.6) is 0 Å². The van der Waals surface area contributed by atoms with Crippen LogP contribution in [0.3, 0.4) is 0 Å². The second kappa shape index (κ2) is 5.61. The standard InChI is InChI=1S/C10H20N2O2S/c1-8(10(13)12(2)3)11-9-4-6-15(14)7-5-9/h8-9,11H,4-7H2,1-3H3. The van der Waals surface area contributed by atoms with Gasteiger partial charge in [0.2, 0.25) is 5.91 Å². The molecule has 1 rings (SSSR count). The number of nitrogens with one attached hydrogen (secondary N) is 1. The summed E-state index contributed by atoms with van der Waals surface area (Å²) in [6.07, 6.45) is 1.83. The summed E-state index contributed by atoms with van der Waals surface area (Å²) in [6.45, 7) is 1.88. The van der Waals surface area contributed by atoms with Crippen molar-refractivity contribution < 1.29 is 9.00 Å². The van der Waals surface area contributed by atoms with Gasteiger partial charge < -0.3 is 10.2 Å². The molecule has 1 fully saturated rings. The van der Waals surface area contributed by atoms with Gasteiger partial charge >= 0.3 is 0 Å². The minimum Gasteiger partial charge on any atom is -0.347 e. The Balaban J connectivity index is 2.35. The molecule has 5 heteroatoms. The zero-order chi connectivity index (χ0) is 11.4. The van der Waals surface area contributed by atoms with Crippen LogP contribution in [-0.4, -0.2) is 52.7 Å². The molecule has 1 heterocycles. The molecule has 1 unspecified atom stereocenters. The highest BCUT2D eigenvalue weighted by atomic mass is 32.2. The van der Waals surface area contributed by atoms with Gasteiger partial charge in [-0.05, 0) is 19.8 Å². The van der Waals surface area contributed by atoms with Gasteiger partial charge in [-0.2, -0.15) is 0 Å². The Kier molecular flexibility index (Phi) is 4.73. The summed E-state index contributed by atoms with van der Waals surface area (Å²) in [7, 11) is 2.89. The molecule has 1 aliphatic rings. The number of carbonyl (C=O) groups is 1. The van der Waals surface area contributed by atoms with Crippen LogP contribution in [-0.2, 0) is 15.6 Å². The normalized spacial score (nSPS) is 28.5. The Hall–Kier alpha value is -0.420. The van der Waals surface area contributed by atoms with Crippen LogP contribution in [0, 0.1) is 0 Å². The first-order valence-electron chi connectivity index (χ1n) is 5.33. The largest absolute Gasteiger partial charge is 0.347 e. The van der Waals surface area contributed by atoms with Crippen molar-refractivity contribution in [2.75, 3.05) is 25.6 Å². The second-order valence-electron chi connectivity index (χ2n) is 4.24. The van der Waals surface area contributed by atoms with Crippen molar-refractivity contribution >= 4 is 16.7 Å². The lowest BCUT2D eigenvalue weighted by Gasteiger charge is -2.27. The third kappa shape index (κ3) is 3.91. The van der Waals surface area contributed by atoms with Crippen molar-refractivity contribution in [3.8, 4) is 0 Å². The van der Waals surface area contributed by atoms with Gasteiger partial charge in [-0.3, -0.25) is 9.00 Å². The van der Waals surface area contributed by atoms with E-state index in [2.05, 4.69) is 5.32 Å². The highest BCUT2D eigenvalue weighted by molar-refractivity contribution is 7.85. The topological polar surface area (TPSA) is 49.4 Å². The molecular weight excluding hydrogens is 212 g/mol. The molecule has 0 aromatic rings. The summed E-state index contributed by atoms with van der Waals surface area (Å²) in [5, 5.41) is 3.29. The molecule has 1 N–H and O–H groups in total. The molecule has 0 aliphatic carbocycles. The predicted octanol–water partition coefficient (Wildman–Crippen LogP) is -0.0362. The Morgan fingerprint density at radius 1 is 1.40 bits per heavy atom. The van der Waals surface area contributed by atoms with Gasteiger partial charge in [-0.1, -0.05) is 0 Å². The summed E-state index contributed by atoms with van der Waals surface area (Å²) in [4.78, 5) is 13.2. The van der Waals surface area contributed by atoms with E-state index in [9.17, 15) is 9.00 Å². The molecule has 0 bridgehead atoms. The number of rotatable bonds is 3. The average molecular weight is 232 g/mol. The quantitative estimate of drug-likeness (QED) is 0.743. The Morgan fingerprint density at radius 3 is 2.40 bits per heavy atom. The monoisotopic (exact) mass is 232 g/mol. The number of likely N-dealkylation sites (N-methyl/N-ethyl adjacent to an activating group) is 1. The first-order valence-corrected chi connectivity index (χ1v) is 6.81. The number of hydrogen-bond acceptors (Lipinski definition) is 3. The third-order valence-electron chi connectivity index (χ3n) is 2.68. The van der Waals surface area contributed by atoms with Crippen molar-refractivity contribution in [3.05, 3.63) is 0 Å². The van der Waals surface area contributed by atoms with E-state index in [4.69, 9.17) is 0 Å².